The Morgan fingerprint density at radius 3 is 2.47 bits per heavy atom. The quantitative estimate of drug-likeness (QED) is 0.477. The predicted molar refractivity (Wildman–Crippen MR) is 74.5 cm³/mol. The maximum atomic E-state index is 9.39. The van der Waals surface area contributed by atoms with E-state index >= 15 is 0 Å². The molecule has 5 heteroatoms. The molecule has 19 heavy (non-hydrogen) atoms. The molecule has 0 bridgehead atoms. The van der Waals surface area contributed by atoms with Crippen molar-refractivity contribution >= 4 is 19.4 Å². The molecule has 94 valence electrons. The summed E-state index contributed by atoms with van der Waals surface area (Å²) in [6.07, 6.45) is 0. The van der Waals surface area contributed by atoms with Crippen molar-refractivity contribution in [3.63, 3.8) is 0 Å². The lowest BCUT2D eigenvalue weighted by atomic mass is 10.0. The zero-order valence-corrected chi connectivity index (χ0v) is 11.1. The van der Waals surface area contributed by atoms with Crippen molar-refractivity contribution in [2.24, 2.45) is 0 Å². The van der Waals surface area contributed by atoms with Crippen LogP contribution in [0.25, 0.3) is 11.3 Å². The van der Waals surface area contributed by atoms with E-state index in [9.17, 15) is 5.26 Å². The van der Waals surface area contributed by atoms with Gasteiger partial charge in [0, 0.05) is 5.56 Å². The lowest BCUT2D eigenvalue weighted by molar-refractivity contribution is 0.387. The smallest absolute Gasteiger partial charge is 0.322 e. The molecule has 2 aromatic rings. The minimum atomic E-state index is 0.409. The first-order valence-corrected chi connectivity index (χ1v) is 5.86. The zero-order chi connectivity index (χ0) is 13.8. The minimum absolute atomic E-state index is 0.409. The Morgan fingerprint density at radius 1 is 1.32 bits per heavy atom. The lowest BCUT2D eigenvalue weighted by Gasteiger charge is -2.08. The highest BCUT2D eigenvalue weighted by atomic mass is 16.5. The fourth-order valence-electron chi connectivity index (χ4n) is 1.79. The fourth-order valence-corrected chi connectivity index (χ4v) is 1.79. The number of aryl methyl sites for hydroxylation is 1. The normalized spacial score (nSPS) is 11.6. The monoisotopic (exact) mass is 252 g/mol. The van der Waals surface area contributed by atoms with E-state index in [1.165, 1.54) is 8.05 Å². The number of allylic oxidation sites excluding steroid dienone is 1. The summed E-state index contributed by atoms with van der Waals surface area (Å²) in [5.41, 5.74) is 2.88. The molecule has 0 radical (unpaired) electrons. The van der Waals surface area contributed by atoms with Crippen LogP contribution in [0.4, 0.5) is 0 Å². The number of aromatic nitrogens is 1. The third-order valence-corrected chi connectivity index (χ3v) is 2.97. The van der Waals surface area contributed by atoms with Crippen LogP contribution in [0.15, 0.2) is 34.9 Å². The highest BCUT2D eigenvalue weighted by Crippen LogP contribution is 2.29. The Hall–Kier alpha value is -2.48. The predicted octanol–water partition coefficient (Wildman–Crippen LogP) is 2.25. The maximum Gasteiger partial charge on any atom is 0.322 e. The summed E-state index contributed by atoms with van der Waals surface area (Å²) in [5, 5.41) is 13.3. The molecule has 0 N–H and O–H groups in total. The van der Waals surface area contributed by atoms with E-state index in [0.717, 1.165) is 16.8 Å². The Balaban J connectivity index is 2.64. The first-order valence-electron chi connectivity index (χ1n) is 5.86. The average molecular weight is 252 g/mol. The fraction of sp³-hybridized carbons (Fsp3) is 0.143. The molecule has 0 saturated heterocycles. The van der Waals surface area contributed by atoms with Crippen LogP contribution in [0.3, 0.4) is 0 Å². The van der Waals surface area contributed by atoms with Gasteiger partial charge >= 0.3 is 8.05 Å². The molecule has 0 aliphatic carbocycles. The van der Waals surface area contributed by atoms with Crippen LogP contribution in [0.5, 0.6) is 0 Å². The Kier molecular flexibility index (Phi) is 3.72. The van der Waals surface area contributed by atoms with Crippen LogP contribution < -0.4 is 0 Å². The second-order valence-corrected chi connectivity index (χ2v) is 4.11. The van der Waals surface area contributed by atoms with E-state index in [2.05, 4.69) is 11.2 Å². The number of rotatable bonds is 3. The van der Waals surface area contributed by atoms with Crippen molar-refractivity contribution in [3.8, 4) is 6.07 Å². The summed E-state index contributed by atoms with van der Waals surface area (Å²) in [7, 11) is 1.52. The standard InChI is InChI=1S/C14H13BN2O2/c1-9-10(2)17-19-13(9)14(18-15)12(8-16)11-6-4-3-5-7-11/h3-7H,15H2,1-2H3. The van der Waals surface area contributed by atoms with Crippen LogP contribution in [-0.2, 0) is 4.65 Å². The van der Waals surface area contributed by atoms with Crippen LogP contribution >= 0.6 is 0 Å². The molecule has 0 aliphatic rings. The second kappa shape index (κ2) is 5.45. The first kappa shape index (κ1) is 13.0. The molecule has 0 unspecified atom stereocenters. The van der Waals surface area contributed by atoms with Gasteiger partial charge in [-0.3, -0.25) is 0 Å². The number of nitriles is 1. The molecular weight excluding hydrogens is 239 g/mol. The molecule has 2 rings (SSSR count). The summed E-state index contributed by atoms with van der Waals surface area (Å²) in [4.78, 5) is 0. The zero-order valence-electron chi connectivity index (χ0n) is 11.1. The third-order valence-electron chi connectivity index (χ3n) is 2.97. The number of hydrogen-bond acceptors (Lipinski definition) is 4. The topological polar surface area (TPSA) is 59.0 Å². The maximum absolute atomic E-state index is 9.39. The molecule has 1 aromatic heterocycles. The highest BCUT2D eigenvalue weighted by molar-refractivity contribution is 6.06. The van der Waals surface area contributed by atoms with E-state index in [-0.39, 0.29) is 0 Å². The van der Waals surface area contributed by atoms with Gasteiger partial charge in [-0.15, -0.1) is 0 Å². The summed E-state index contributed by atoms with van der Waals surface area (Å²) < 4.78 is 10.6. The Morgan fingerprint density at radius 2 is 2.00 bits per heavy atom. The van der Waals surface area contributed by atoms with Gasteiger partial charge in [0.25, 0.3) is 0 Å². The van der Waals surface area contributed by atoms with Gasteiger partial charge in [0.05, 0.1) is 5.69 Å². The third kappa shape index (κ3) is 2.38. The van der Waals surface area contributed by atoms with E-state index in [0.29, 0.717) is 17.1 Å². The van der Waals surface area contributed by atoms with Crippen molar-refractivity contribution in [2.75, 3.05) is 0 Å². The summed E-state index contributed by atoms with van der Waals surface area (Å²) in [5.74, 6) is 0.909. The van der Waals surface area contributed by atoms with E-state index in [1.807, 2.05) is 44.2 Å². The minimum Gasteiger partial charge on any atom is -0.564 e. The van der Waals surface area contributed by atoms with Crippen molar-refractivity contribution < 1.29 is 9.18 Å². The van der Waals surface area contributed by atoms with E-state index in [1.54, 1.807) is 0 Å². The largest absolute Gasteiger partial charge is 0.564 e. The van der Waals surface area contributed by atoms with Crippen molar-refractivity contribution in [1.29, 1.82) is 5.26 Å². The van der Waals surface area contributed by atoms with Crippen molar-refractivity contribution in [1.82, 2.24) is 5.16 Å². The first-order chi connectivity index (χ1) is 9.19. The summed E-state index contributed by atoms with van der Waals surface area (Å²) in [6, 6.07) is 11.5. The van der Waals surface area contributed by atoms with Crippen molar-refractivity contribution in [2.45, 2.75) is 13.8 Å². The second-order valence-electron chi connectivity index (χ2n) is 4.11. The molecule has 0 saturated carbocycles. The van der Waals surface area contributed by atoms with Crippen LogP contribution in [0.1, 0.15) is 22.6 Å². The molecule has 0 spiro atoms. The van der Waals surface area contributed by atoms with Crippen LogP contribution in [0.2, 0.25) is 0 Å². The summed E-state index contributed by atoms with van der Waals surface area (Å²) >= 11 is 0. The summed E-state index contributed by atoms with van der Waals surface area (Å²) in [6.45, 7) is 3.74. The molecule has 4 nitrogen and oxygen atoms in total. The SMILES string of the molecule is BOC(=C(C#N)c1ccccc1)c1onc(C)c1C. The molecule has 0 fully saturated rings. The number of benzene rings is 1. The molecule has 0 aliphatic heterocycles. The molecule has 0 amide bonds. The Labute approximate surface area is 112 Å². The van der Waals surface area contributed by atoms with Gasteiger partial charge < -0.3 is 9.18 Å². The van der Waals surface area contributed by atoms with Crippen LogP contribution in [0, 0.1) is 25.2 Å². The Bertz CT molecular complexity index is 654. The van der Waals surface area contributed by atoms with E-state index < -0.39 is 0 Å². The number of hydrogen-bond donors (Lipinski definition) is 0. The number of nitrogens with zero attached hydrogens (tertiary/aromatic N) is 2. The van der Waals surface area contributed by atoms with Gasteiger partial charge in [0.15, 0.2) is 5.76 Å². The molecule has 1 aromatic carbocycles. The van der Waals surface area contributed by atoms with Gasteiger partial charge in [0.1, 0.15) is 11.6 Å². The van der Waals surface area contributed by atoms with Gasteiger partial charge in [-0.1, -0.05) is 35.5 Å². The molecule has 0 atom stereocenters. The van der Waals surface area contributed by atoms with Gasteiger partial charge in [-0.05, 0) is 19.4 Å². The van der Waals surface area contributed by atoms with Gasteiger partial charge in [-0.2, -0.15) is 5.26 Å². The van der Waals surface area contributed by atoms with Crippen LogP contribution in [-0.4, -0.2) is 13.2 Å². The highest BCUT2D eigenvalue weighted by Gasteiger charge is 2.19. The average Bonchev–Trinajstić information content (AvgIpc) is 2.77. The molecular formula is C14H13BN2O2. The van der Waals surface area contributed by atoms with Gasteiger partial charge in [0.2, 0.25) is 5.76 Å². The van der Waals surface area contributed by atoms with Crippen molar-refractivity contribution in [3.05, 3.63) is 52.9 Å². The molecule has 1 heterocycles. The lowest BCUT2D eigenvalue weighted by Crippen LogP contribution is -1.95. The van der Waals surface area contributed by atoms with Gasteiger partial charge in [-0.25, -0.2) is 0 Å². The van der Waals surface area contributed by atoms with E-state index in [4.69, 9.17) is 9.18 Å².